The smallest absolute Gasteiger partial charge is 0.323 e. The number of hydrogen-bond acceptors (Lipinski definition) is 2. The standard InChI is InChI=1S/C15H21BrN2O3/c1-15(2,3)18(10-13(19)20)14(21)17(4)9-11-7-5-6-8-12(11)16/h5-8H,9-10H2,1-4H3,(H,19,20). The lowest BCUT2D eigenvalue weighted by Crippen LogP contribution is -2.52. The van der Waals surface area contributed by atoms with E-state index in [9.17, 15) is 9.59 Å². The van der Waals surface area contributed by atoms with Crippen molar-refractivity contribution in [3.8, 4) is 0 Å². The van der Waals surface area contributed by atoms with Gasteiger partial charge in [-0.25, -0.2) is 4.79 Å². The van der Waals surface area contributed by atoms with Gasteiger partial charge in [0.05, 0.1) is 0 Å². The lowest BCUT2D eigenvalue weighted by Gasteiger charge is -2.37. The first-order chi connectivity index (χ1) is 9.62. The maximum absolute atomic E-state index is 12.5. The number of amides is 2. The summed E-state index contributed by atoms with van der Waals surface area (Å²) in [5.74, 6) is -1.02. The summed E-state index contributed by atoms with van der Waals surface area (Å²) >= 11 is 3.45. The van der Waals surface area contributed by atoms with Crippen molar-refractivity contribution in [3.05, 3.63) is 34.3 Å². The largest absolute Gasteiger partial charge is 0.480 e. The van der Waals surface area contributed by atoms with Gasteiger partial charge in [-0.15, -0.1) is 0 Å². The average Bonchev–Trinajstić information content (AvgIpc) is 2.36. The Bertz CT molecular complexity index is 526. The van der Waals surface area contributed by atoms with Crippen LogP contribution in [0.1, 0.15) is 26.3 Å². The zero-order valence-electron chi connectivity index (χ0n) is 12.8. The van der Waals surface area contributed by atoms with E-state index in [4.69, 9.17) is 5.11 Å². The normalized spacial score (nSPS) is 11.1. The number of rotatable bonds is 4. The first-order valence-electron chi connectivity index (χ1n) is 6.61. The van der Waals surface area contributed by atoms with Gasteiger partial charge in [0.25, 0.3) is 0 Å². The molecule has 0 heterocycles. The SMILES string of the molecule is CN(Cc1ccccc1Br)C(=O)N(CC(=O)O)C(C)(C)C. The molecule has 2 amide bonds. The predicted molar refractivity (Wildman–Crippen MR) is 85.1 cm³/mol. The summed E-state index contributed by atoms with van der Waals surface area (Å²) in [6, 6.07) is 7.33. The van der Waals surface area contributed by atoms with Crippen LogP contribution in [0.3, 0.4) is 0 Å². The second-order valence-electron chi connectivity index (χ2n) is 5.88. The van der Waals surface area contributed by atoms with Crippen molar-refractivity contribution in [1.82, 2.24) is 9.80 Å². The maximum Gasteiger partial charge on any atom is 0.323 e. The molecule has 0 aliphatic carbocycles. The van der Waals surface area contributed by atoms with Crippen molar-refractivity contribution >= 4 is 27.9 Å². The number of halogens is 1. The molecule has 1 rings (SSSR count). The molecular weight excluding hydrogens is 336 g/mol. The maximum atomic E-state index is 12.5. The van der Waals surface area contributed by atoms with Crippen molar-refractivity contribution in [1.29, 1.82) is 0 Å². The molecule has 0 spiro atoms. The summed E-state index contributed by atoms with van der Waals surface area (Å²) in [6.45, 7) is 5.55. The molecule has 0 atom stereocenters. The molecule has 0 aliphatic rings. The van der Waals surface area contributed by atoms with E-state index in [-0.39, 0.29) is 12.6 Å². The molecule has 116 valence electrons. The minimum Gasteiger partial charge on any atom is -0.480 e. The highest BCUT2D eigenvalue weighted by Crippen LogP contribution is 2.20. The van der Waals surface area contributed by atoms with Crippen LogP contribution in [0.15, 0.2) is 28.7 Å². The number of nitrogens with zero attached hydrogens (tertiary/aromatic N) is 2. The number of aliphatic carboxylic acids is 1. The van der Waals surface area contributed by atoms with Crippen molar-refractivity contribution in [3.63, 3.8) is 0 Å². The van der Waals surface area contributed by atoms with Gasteiger partial charge in [0.15, 0.2) is 0 Å². The van der Waals surface area contributed by atoms with E-state index < -0.39 is 11.5 Å². The fourth-order valence-electron chi connectivity index (χ4n) is 1.88. The summed E-state index contributed by atoms with van der Waals surface area (Å²) in [6.07, 6.45) is 0. The molecule has 0 bridgehead atoms. The molecule has 6 heteroatoms. The van der Waals surface area contributed by atoms with Crippen LogP contribution in [0.2, 0.25) is 0 Å². The Morgan fingerprint density at radius 3 is 2.29 bits per heavy atom. The van der Waals surface area contributed by atoms with Crippen LogP contribution >= 0.6 is 15.9 Å². The topological polar surface area (TPSA) is 60.9 Å². The summed E-state index contributed by atoms with van der Waals surface area (Å²) in [5.41, 5.74) is 0.412. The zero-order valence-corrected chi connectivity index (χ0v) is 14.3. The van der Waals surface area contributed by atoms with Crippen molar-refractivity contribution < 1.29 is 14.7 Å². The van der Waals surface area contributed by atoms with Crippen molar-refractivity contribution in [2.75, 3.05) is 13.6 Å². The highest BCUT2D eigenvalue weighted by atomic mass is 79.9. The lowest BCUT2D eigenvalue weighted by molar-refractivity contribution is -0.138. The zero-order chi connectivity index (χ0) is 16.2. The quantitative estimate of drug-likeness (QED) is 0.900. The van der Waals surface area contributed by atoms with Crippen LogP contribution in [0.25, 0.3) is 0 Å². The van der Waals surface area contributed by atoms with E-state index in [1.54, 1.807) is 7.05 Å². The number of carbonyl (C=O) groups is 2. The Morgan fingerprint density at radius 2 is 1.81 bits per heavy atom. The number of benzene rings is 1. The summed E-state index contributed by atoms with van der Waals surface area (Å²) in [4.78, 5) is 26.4. The molecule has 0 saturated heterocycles. The van der Waals surface area contributed by atoms with Crippen LogP contribution in [-0.4, -0.2) is 46.0 Å². The van der Waals surface area contributed by atoms with Crippen LogP contribution in [-0.2, 0) is 11.3 Å². The number of carbonyl (C=O) groups excluding carboxylic acids is 1. The minimum atomic E-state index is -1.02. The fourth-order valence-corrected chi connectivity index (χ4v) is 2.29. The minimum absolute atomic E-state index is 0.305. The van der Waals surface area contributed by atoms with Crippen LogP contribution in [0, 0.1) is 0 Å². The number of hydrogen-bond donors (Lipinski definition) is 1. The van der Waals surface area contributed by atoms with Crippen molar-refractivity contribution in [2.45, 2.75) is 32.9 Å². The van der Waals surface area contributed by atoms with Gasteiger partial charge in [-0.2, -0.15) is 0 Å². The van der Waals surface area contributed by atoms with Crippen LogP contribution < -0.4 is 0 Å². The second-order valence-corrected chi connectivity index (χ2v) is 6.74. The van der Waals surface area contributed by atoms with E-state index in [2.05, 4.69) is 15.9 Å². The highest BCUT2D eigenvalue weighted by molar-refractivity contribution is 9.10. The molecule has 0 fully saturated rings. The highest BCUT2D eigenvalue weighted by Gasteiger charge is 2.30. The Balaban J connectivity index is 2.88. The van der Waals surface area contributed by atoms with Gasteiger partial charge in [-0.1, -0.05) is 34.1 Å². The summed E-state index contributed by atoms with van der Waals surface area (Å²) in [7, 11) is 1.67. The Kier molecular flexibility index (Phi) is 5.78. The van der Waals surface area contributed by atoms with E-state index in [0.717, 1.165) is 10.0 Å². The van der Waals surface area contributed by atoms with Gasteiger partial charge in [0.2, 0.25) is 0 Å². The number of urea groups is 1. The van der Waals surface area contributed by atoms with Crippen LogP contribution in [0.5, 0.6) is 0 Å². The first kappa shape index (κ1) is 17.5. The number of carboxylic acids is 1. The molecule has 1 aromatic carbocycles. The Morgan fingerprint density at radius 1 is 1.24 bits per heavy atom. The first-order valence-corrected chi connectivity index (χ1v) is 7.40. The van der Waals surface area contributed by atoms with Gasteiger partial charge in [0, 0.05) is 23.6 Å². The molecule has 5 nitrogen and oxygen atoms in total. The van der Waals surface area contributed by atoms with E-state index in [1.807, 2.05) is 45.0 Å². The average molecular weight is 357 g/mol. The molecule has 0 saturated carbocycles. The van der Waals surface area contributed by atoms with E-state index >= 15 is 0 Å². The molecule has 0 aromatic heterocycles. The van der Waals surface area contributed by atoms with Crippen LogP contribution in [0.4, 0.5) is 4.79 Å². The number of carboxylic acid groups (broad SMARTS) is 1. The lowest BCUT2D eigenvalue weighted by atomic mass is 10.1. The molecular formula is C15H21BrN2O3. The van der Waals surface area contributed by atoms with Gasteiger partial charge < -0.3 is 14.9 Å². The molecule has 1 N–H and O–H groups in total. The van der Waals surface area contributed by atoms with Gasteiger partial charge >= 0.3 is 12.0 Å². The molecule has 21 heavy (non-hydrogen) atoms. The molecule has 0 radical (unpaired) electrons. The van der Waals surface area contributed by atoms with Gasteiger partial charge in [-0.3, -0.25) is 4.79 Å². The third-order valence-corrected chi connectivity index (χ3v) is 3.80. The Labute approximate surface area is 133 Å². The third kappa shape index (κ3) is 5.04. The predicted octanol–water partition coefficient (Wildman–Crippen LogP) is 3.19. The second kappa shape index (κ2) is 6.93. The molecule has 1 aromatic rings. The van der Waals surface area contributed by atoms with E-state index in [1.165, 1.54) is 9.80 Å². The summed E-state index contributed by atoms with van der Waals surface area (Å²) < 4.78 is 0.921. The van der Waals surface area contributed by atoms with Gasteiger partial charge in [0.1, 0.15) is 6.54 Å². The molecule has 0 unspecified atom stereocenters. The summed E-state index contributed by atoms with van der Waals surface area (Å²) in [5, 5.41) is 8.99. The molecule has 0 aliphatic heterocycles. The van der Waals surface area contributed by atoms with E-state index in [0.29, 0.717) is 6.54 Å². The van der Waals surface area contributed by atoms with Gasteiger partial charge in [-0.05, 0) is 32.4 Å². The monoisotopic (exact) mass is 356 g/mol. The Hall–Kier alpha value is -1.56. The van der Waals surface area contributed by atoms with Crippen molar-refractivity contribution in [2.24, 2.45) is 0 Å². The third-order valence-electron chi connectivity index (χ3n) is 3.03. The fraction of sp³-hybridized carbons (Fsp3) is 0.467.